The molecule has 0 atom stereocenters. The van der Waals surface area contributed by atoms with Gasteiger partial charge in [0.05, 0.1) is 11.4 Å². The Bertz CT molecular complexity index is 1090. The highest BCUT2D eigenvalue weighted by Gasteiger charge is 2.17. The highest BCUT2D eigenvalue weighted by Crippen LogP contribution is 2.25. The average molecular weight is 375 g/mol. The number of hydrogen-bond acceptors (Lipinski definition) is 3. The van der Waals surface area contributed by atoms with Gasteiger partial charge in [-0.15, -0.1) is 11.3 Å². The van der Waals surface area contributed by atoms with Gasteiger partial charge in [-0.3, -0.25) is 4.79 Å². The molecule has 0 aliphatic rings. The third kappa shape index (κ3) is 3.53. The predicted molar refractivity (Wildman–Crippen MR) is 111 cm³/mol. The molecule has 0 saturated heterocycles. The Hall–Kier alpha value is -2.85. The molecule has 27 heavy (non-hydrogen) atoms. The smallest absolute Gasteiger partial charge is 0.205 e. The maximum absolute atomic E-state index is 12.9. The second-order valence-electron chi connectivity index (χ2n) is 6.65. The number of nitrogens with zero attached hydrogens (tertiary/aromatic N) is 1. The fraction of sp³-hybridized carbons (Fsp3) is 0.174. The lowest BCUT2D eigenvalue weighted by Gasteiger charge is -2.10. The van der Waals surface area contributed by atoms with E-state index in [1.807, 2.05) is 48.0 Å². The first-order valence-corrected chi connectivity index (χ1v) is 9.87. The summed E-state index contributed by atoms with van der Waals surface area (Å²) in [6.45, 7) is 5.42. The molecule has 4 rings (SSSR count). The lowest BCUT2D eigenvalue weighted by atomic mass is 10.1. The topological polar surface area (TPSA) is 31.2 Å². The van der Waals surface area contributed by atoms with Crippen LogP contribution in [0.1, 0.15) is 26.4 Å². The minimum atomic E-state index is 0.0787. The second-order valence-corrected chi connectivity index (χ2v) is 7.60. The first kappa shape index (κ1) is 17.6. The Labute approximate surface area is 162 Å². The van der Waals surface area contributed by atoms with Crippen LogP contribution in [-0.4, -0.2) is 17.0 Å². The van der Waals surface area contributed by atoms with Gasteiger partial charge in [0.1, 0.15) is 12.4 Å². The van der Waals surface area contributed by atoms with Crippen LogP contribution >= 0.6 is 11.3 Å². The molecule has 3 nitrogen and oxygen atoms in total. The largest absolute Gasteiger partial charge is 0.492 e. The van der Waals surface area contributed by atoms with E-state index in [-0.39, 0.29) is 5.78 Å². The van der Waals surface area contributed by atoms with E-state index in [1.165, 1.54) is 22.5 Å². The van der Waals surface area contributed by atoms with Crippen LogP contribution in [0.3, 0.4) is 0 Å². The number of rotatable bonds is 6. The number of aromatic nitrogens is 1. The molecule has 4 heteroatoms. The summed E-state index contributed by atoms with van der Waals surface area (Å²) >= 11 is 1.48. The molecule has 0 amide bonds. The number of thiophene rings is 1. The van der Waals surface area contributed by atoms with Gasteiger partial charge in [-0.2, -0.15) is 0 Å². The van der Waals surface area contributed by atoms with Gasteiger partial charge in [0, 0.05) is 22.7 Å². The van der Waals surface area contributed by atoms with Crippen LogP contribution in [-0.2, 0) is 6.54 Å². The second kappa shape index (κ2) is 7.41. The zero-order valence-electron chi connectivity index (χ0n) is 15.4. The molecule has 0 spiro atoms. The van der Waals surface area contributed by atoms with E-state index in [9.17, 15) is 4.79 Å². The van der Waals surface area contributed by atoms with E-state index in [1.54, 1.807) is 0 Å². The van der Waals surface area contributed by atoms with Crippen molar-refractivity contribution in [2.75, 3.05) is 6.61 Å². The van der Waals surface area contributed by atoms with Gasteiger partial charge in [0.15, 0.2) is 0 Å². The highest BCUT2D eigenvalue weighted by molar-refractivity contribution is 7.12. The van der Waals surface area contributed by atoms with Crippen molar-refractivity contribution >= 4 is 28.0 Å². The molecule has 0 bridgehead atoms. The van der Waals surface area contributed by atoms with Crippen LogP contribution in [0.5, 0.6) is 5.75 Å². The number of benzene rings is 2. The number of carbonyl (C=O) groups excluding carboxylic acids is 1. The molecule has 2 aromatic carbocycles. The number of carbonyl (C=O) groups is 1. The summed E-state index contributed by atoms with van der Waals surface area (Å²) in [7, 11) is 0. The summed E-state index contributed by atoms with van der Waals surface area (Å²) in [6, 6.07) is 18.0. The van der Waals surface area contributed by atoms with Gasteiger partial charge >= 0.3 is 0 Å². The molecule has 0 aliphatic heterocycles. The van der Waals surface area contributed by atoms with Crippen molar-refractivity contribution in [2.45, 2.75) is 20.4 Å². The number of ether oxygens (including phenoxy) is 1. The Balaban J connectivity index is 1.57. The monoisotopic (exact) mass is 375 g/mol. The Morgan fingerprint density at radius 1 is 1.04 bits per heavy atom. The lowest BCUT2D eigenvalue weighted by molar-refractivity contribution is 0.104. The molecule has 4 aromatic rings. The van der Waals surface area contributed by atoms with Gasteiger partial charge in [0.2, 0.25) is 5.78 Å². The zero-order valence-corrected chi connectivity index (χ0v) is 16.3. The Morgan fingerprint density at radius 3 is 2.67 bits per heavy atom. The number of aryl methyl sites for hydroxylation is 2. The summed E-state index contributed by atoms with van der Waals surface area (Å²) in [4.78, 5) is 13.6. The maximum atomic E-state index is 12.9. The Kier molecular flexibility index (Phi) is 4.82. The first-order valence-electron chi connectivity index (χ1n) is 8.99. The normalized spacial score (nSPS) is 11.0. The van der Waals surface area contributed by atoms with Crippen molar-refractivity contribution in [3.63, 3.8) is 0 Å². The summed E-state index contributed by atoms with van der Waals surface area (Å²) in [6.07, 6.45) is 1.95. The standard InChI is InChI=1S/C23H21NO2S/c1-16-9-10-18(14-17(16)2)26-12-11-24-15-20(19-6-3-4-7-21(19)24)23(25)22-8-5-13-27-22/h3-10,13-15H,11-12H2,1-2H3. The van der Waals surface area contributed by atoms with E-state index < -0.39 is 0 Å². The molecule has 2 aromatic heterocycles. The van der Waals surface area contributed by atoms with Crippen LogP contribution in [0.25, 0.3) is 10.9 Å². The Morgan fingerprint density at radius 2 is 1.89 bits per heavy atom. The molecular formula is C23H21NO2S. The lowest BCUT2D eigenvalue weighted by Crippen LogP contribution is -2.07. The molecular weight excluding hydrogens is 354 g/mol. The van der Waals surface area contributed by atoms with Crippen LogP contribution in [0, 0.1) is 13.8 Å². The first-order chi connectivity index (χ1) is 13.1. The minimum Gasteiger partial charge on any atom is -0.492 e. The highest BCUT2D eigenvalue weighted by atomic mass is 32.1. The molecule has 2 heterocycles. The van der Waals surface area contributed by atoms with Crippen molar-refractivity contribution < 1.29 is 9.53 Å². The quantitative estimate of drug-likeness (QED) is 0.409. The number of hydrogen-bond donors (Lipinski definition) is 0. The summed E-state index contributed by atoms with van der Waals surface area (Å²) in [5.74, 6) is 0.958. The van der Waals surface area contributed by atoms with Crippen molar-refractivity contribution in [3.8, 4) is 5.75 Å². The van der Waals surface area contributed by atoms with Crippen LogP contribution < -0.4 is 4.74 Å². The number of para-hydroxylation sites is 1. The molecule has 0 saturated carbocycles. The van der Waals surface area contributed by atoms with Crippen molar-refractivity contribution in [1.82, 2.24) is 4.57 Å². The summed E-state index contributed by atoms with van der Waals surface area (Å²) in [5.41, 5.74) is 4.29. The molecule has 136 valence electrons. The maximum Gasteiger partial charge on any atom is 0.205 e. The fourth-order valence-corrected chi connectivity index (χ4v) is 3.90. The summed E-state index contributed by atoms with van der Waals surface area (Å²) < 4.78 is 8.04. The average Bonchev–Trinajstić information content (AvgIpc) is 3.33. The number of fused-ring (bicyclic) bond motifs is 1. The summed E-state index contributed by atoms with van der Waals surface area (Å²) in [5, 5.41) is 2.92. The van der Waals surface area contributed by atoms with E-state index in [2.05, 4.69) is 36.6 Å². The fourth-order valence-electron chi connectivity index (χ4n) is 3.22. The van der Waals surface area contributed by atoms with Crippen LogP contribution in [0.15, 0.2) is 66.2 Å². The molecule has 0 radical (unpaired) electrons. The van der Waals surface area contributed by atoms with Gasteiger partial charge in [-0.05, 0) is 54.6 Å². The minimum absolute atomic E-state index is 0.0787. The third-order valence-electron chi connectivity index (χ3n) is 4.86. The van der Waals surface area contributed by atoms with Gasteiger partial charge in [0.25, 0.3) is 0 Å². The van der Waals surface area contributed by atoms with Crippen molar-refractivity contribution in [1.29, 1.82) is 0 Å². The third-order valence-corrected chi connectivity index (χ3v) is 5.73. The molecule has 0 aliphatic carbocycles. The van der Waals surface area contributed by atoms with E-state index in [4.69, 9.17) is 4.74 Å². The SMILES string of the molecule is Cc1ccc(OCCn2cc(C(=O)c3cccs3)c3ccccc32)cc1C. The van der Waals surface area contributed by atoms with Gasteiger partial charge in [-0.25, -0.2) is 0 Å². The predicted octanol–water partition coefficient (Wildman–Crippen LogP) is 5.63. The van der Waals surface area contributed by atoms with Crippen LogP contribution in [0.2, 0.25) is 0 Å². The molecule has 0 N–H and O–H groups in total. The van der Waals surface area contributed by atoms with Crippen molar-refractivity contribution in [2.24, 2.45) is 0 Å². The van der Waals surface area contributed by atoms with Crippen molar-refractivity contribution in [3.05, 3.63) is 87.7 Å². The molecule has 0 unspecified atom stereocenters. The molecule has 0 fully saturated rings. The zero-order chi connectivity index (χ0) is 18.8. The van der Waals surface area contributed by atoms with Crippen LogP contribution in [0.4, 0.5) is 0 Å². The van der Waals surface area contributed by atoms with E-state index in [0.717, 1.165) is 27.1 Å². The van der Waals surface area contributed by atoms with Gasteiger partial charge < -0.3 is 9.30 Å². The van der Waals surface area contributed by atoms with Gasteiger partial charge in [-0.1, -0.05) is 30.3 Å². The number of ketones is 1. The van der Waals surface area contributed by atoms with E-state index >= 15 is 0 Å². The van der Waals surface area contributed by atoms with E-state index in [0.29, 0.717) is 13.2 Å².